The second-order valence-corrected chi connectivity index (χ2v) is 8.46. The first-order valence-corrected chi connectivity index (χ1v) is 10.4. The summed E-state index contributed by atoms with van der Waals surface area (Å²) in [6.07, 6.45) is 6.44. The zero-order chi connectivity index (χ0) is 18.5. The molecule has 2 fully saturated rings. The van der Waals surface area contributed by atoms with E-state index in [0.29, 0.717) is 28.6 Å². The highest BCUT2D eigenvalue weighted by atomic mass is 32.2. The zero-order valence-corrected chi connectivity index (χ0v) is 16.7. The van der Waals surface area contributed by atoms with Crippen LogP contribution in [0.1, 0.15) is 43.2 Å². The monoisotopic (exact) mass is 388 g/mol. The SMILES string of the molecule is Cc1ccc(C=C2SC(=S)N(CCCC(=O)N3CCCCC3)C2=O)cc1. The van der Waals surface area contributed by atoms with Gasteiger partial charge in [0.15, 0.2) is 0 Å². The van der Waals surface area contributed by atoms with Crippen molar-refractivity contribution in [2.75, 3.05) is 19.6 Å². The number of aryl methyl sites for hydroxylation is 1. The van der Waals surface area contributed by atoms with Crippen molar-refractivity contribution in [1.82, 2.24) is 9.80 Å². The Labute approximate surface area is 164 Å². The molecular formula is C20H24N2O2S2. The van der Waals surface area contributed by atoms with E-state index in [4.69, 9.17) is 12.2 Å². The van der Waals surface area contributed by atoms with Crippen LogP contribution in [0.25, 0.3) is 6.08 Å². The van der Waals surface area contributed by atoms with Gasteiger partial charge in [0.25, 0.3) is 5.91 Å². The van der Waals surface area contributed by atoms with Gasteiger partial charge in [-0.1, -0.05) is 53.8 Å². The number of nitrogens with zero attached hydrogens (tertiary/aromatic N) is 2. The summed E-state index contributed by atoms with van der Waals surface area (Å²) in [5, 5.41) is 0. The van der Waals surface area contributed by atoms with E-state index in [2.05, 4.69) is 0 Å². The third-order valence-corrected chi connectivity index (χ3v) is 6.11. The van der Waals surface area contributed by atoms with E-state index in [9.17, 15) is 9.59 Å². The molecule has 2 heterocycles. The molecule has 2 aliphatic rings. The van der Waals surface area contributed by atoms with Gasteiger partial charge in [0.05, 0.1) is 4.91 Å². The highest BCUT2D eigenvalue weighted by molar-refractivity contribution is 8.26. The summed E-state index contributed by atoms with van der Waals surface area (Å²) in [4.78, 5) is 29.1. The van der Waals surface area contributed by atoms with E-state index in [1.807, 2.05) is 42.2 Å². The minimum atomic E-state index is -0.0500. The van der Waals surface area contributed by atoms with Crippen molar-refractivity contribution < 1.29 is 9.59 Å². The number of thioether (sulfide) groups is 1. The number of amides is 2. The fourth-order valence-electron chi connectivity index (χ4n) is 3.20. The van der Waals surface area contributed by atoms with Crippen LogP contribution in [0, 0.1) is 6.92 Å². The Morgan fingerprint density at radius 3 is 2.58 bits per heavy atom. The first-order chi connectivity index (χ1) is 12.5. The fraction of sp³-hybridized carbons (Fsp3) is 0.450. The quantitative estimate of drug-likeness (QED) is 0.565. The van der Waals surface area contributed by atoms with Crippen molar-refractivity contribution in [2.24, 2.45) is 0 Å². The van der Waals surface area contributed by atoms with Crippen LogP contribution < -0.4 is 0 Å². The molecule has 0 saturated carbocycles. The number of hydrogen-bond acceptors (Lipinski definition) is 4. The molecular weight excluding hydrogens is 364 g/mol. The summed E-state index contributed by atoms with van der Waals surface area (Å²) >= 11 is 6.71. The fourth-order valence-corrected chi connectivity index (χ4v) is 4.51. The molecule has 0 aliphatic carbocycles. The maximum atomic E-state index is 12.6. The normalized spacial score (nSPS) is 19.5. The molecule has 138 valence electrons. The van der Waals surface area contributed by atoms with Gasteiger partial charge in [0.2, 0.25) is 5.91 Å². The number of likely N-dealkylation sites (tertiary alicyclic amines) is 1. The summed E-state index contributed by atoms with van der Waals surface area (Å²) in [7, 11) is 0. The molecule has 0 aromatic heterocycles. The highest BCUT2D eigenvalue weighted by Crippen LogP contribution is 2.32. The van der Waals surface area contributed by atoms with Gasteiger partial charge in [-0.15, -0.1) is 0 Å². The lowest BCUT2D eigenvalue weighted by Gasteiger charge is -2.27. The van der Waals surface area contributed by atoms with Gasteiger partial charge in [-0.3, -0.25) is 14.5 Å². The number of rotatable bonds is 5. The van der Waals surface area contributed by atoms with Gasteiger partial charge < -0.3 is 4.90 Å². The summed E-state index contributed by atoms with van der Waals surface area (Å²) < 4.78 is 0.582. The predicted octanol–water partition coefficient (Wildman–Crippen LogP) is 3.99. The van der Waals surface area contributed by atoms with Gasteiger partial charge in [-0.05, 0) is 44.2 Å². The first-order valence-electron chi connectivity index (χ1n) is 9.14. The third kappa shape index (κ3) is 4.74. The summed E-state index contributed by atoms with van der Waals surface area (Å²) in [5.41, 5.74) is 2.18. The Morgan fingerprint density at radius 1 is 1.19 bits per heavy atom. The van der Waals surface area contributed by atoms with E-state index >= 15 is 0 Å². The van der Waals surface area contributed by atoms with Crippen molar-refractivity contribution in [3.63, 3.8) is 0 Å². The number of thiocarbonyl (C=S) groups is 1. The molecule has 2 amide bonds. The van der Waals surface area contributed by atoms with Crippen LogP contribution in [0.4, 0.5) is 0 Å². The van der Waals surface area contributed by atoms with Gasteiger partial charge in [-0.2, -0.15) is 0 Å². The van der Waals surface area contributed by atoms with Crippen molar-refractivity contribution in [3.05, 3.63) is 40.3 Å². The topological polar surface area (TPSA) is 40.6 Å². The standard InChI is InChI=1S/C20H24N2O2S2/c1-15-7-9-16(10-8-15)14-17-19(24)22(20(25)26-17)13-5-6-18(23)21-11-3-2-4-12-21/h7-10,14H,2-6,11-13H2,1H3. The Morgan fingerprint density at radius 2 is 1.88 bits per heavy atom. The van der Waals surface area contributed by atoms with Gasteiger partial charge in [0, 0.05) is 26.1 Å². The minimum Gasteiger partial charge on any atom is -0.343 e. The van der Waals surface area contributed by atoms with Crippen LogP contribution in [0.15, 0.2) is 29.2 Å². The molecule has 2 aliphatic heterocycles. The van der Waals surface area contributed by atoms with Gasteiger partial charge in [-0.25, -0.2) is 0 Å². The lowest BCUT2D eigenvalue weighted by Crippen LogP contribution is -2.36. The van der Waals surface area contributed by atoms with Gasteiger partial charge >= 0.3 is 0 Å². The van der Waals surface area contributed by atoms with E-state index in [1.54, 1.807) is 4.90 Å². The van der Waals surface area contributed by atoms with Crippen LogP contribution in [0.3, 0.4) is 0 Å². The maximum absolute atomic E-state index is 12.6. The average molecular weight is 389 g/mol. The molecule has 1 aromatic carbocycles. The molecule has 2 saturated heterocycles. The smallest absolute Gasteiger partial charge is 0.266 e. The molecule has 6 heteroatoms. The van der Waals surface area contributed by atoms with Crippen LogP contribution >= 0.6 is 24.0 Å². The lowest BCUT2D eigenvalue weighted by molar-refractivity contribution is -0.132. The lowest BCUT2D eigenvalue weighted by atomic mass is 10.1. The van der Waals surface area contributed by atoms with Gasteiger partial charge in [0.1, 0.15) is 4.32 Å². The second-order valence-electron chi connectivity index (χ2n) is 6.79. The van der Waals surface area contributed by atoms with Crippen LogP contribution in [-0.4, -0.2) is 45.6 Å². The summed E-state index contributed by atoms with van der Waals surface area (Å²) in [6.45, 7) is 4.29. The molecule has 0 atom stereocenters. The third-order valence-electron chi connectivity index (χ3n) is 4.73. The number of piperidine rings is 1. The molecule has 1 aromatic rings. The Hall–Kier alpha value is -1.66. The molecule has 3 rings (SSSR count). The van der Waals surface area contributed by atoms with Crippen molar-refractivity contribution >= 4 is 46.2 Å². The van der Waals surface area contributed by atoms with Crippen molar-refractivity contribution in [3.8, 4) is 0 Å². The van der Waals surface area contributed by atoms with Crippen LogP contribution in [0.5, 0.6) is 0 Å². The number of carbonyl (C=O) groups is 2. The maximum Gasteiger partial charge on any atom is 0.266 e. The number of carbonyl (C=O) groups excluding carboxylic acids is 2. The minimum absolute atomic E-state index is 0.0500. The Bertz CT molecular complexity index is 722. The second kappa shape index (κ2) is 8.82. The molecule has 0 spiro atoms. The first kappa shape index (κ1) is 19.1. The van der Waals surface area contributed by atoms with E-state index in [1.165, 1.54) is 23.7 Å². The predicted molar refractivity (Wildman–Crippen MR) is 111 cm³/mol. The average Bonchev–Trinajstić information content (AvgIpc) is 2.91. The Balaban J connectivity index is 1.53. The highest BCUT2D eigenvalue weighted by Gasteiger charge is 2.31. The molecule has 0 unspecified atom stereocenters. The van der Waals surface area contributed by atoms with E-state index in [0.717, 1.165) is 31.5 Å². The van der Waals surface area contributed by atoms with Crippen LogP contribution in [0.2, 0.25) is 0 Å². The number of hydrogen-bond donors (Lipinski definition) is 0. The molecule has 0 bridgehead atoms. The molecule has 4 nitrogen and oxygen atoms in total. The van der Waals surface area contributed by atoms with Crippen molar-refractivity contribution in [1.29, 1.82) is 0 Å². The van der Waals surface area contributed by atoms with Crippen LogP contribution in [-0.2, 0) is 9.59 Å². The Kier molecular flexibility index (Phi) is 6.48. The summed E-state index contributed by atoms with van der Waals surface area (Å²) in [5.74, 6) is 0.149. The molecule has 0 N–H and O–H groups in total. The summed E-state index contributed by atoms with van der Waals surface area (Å²) in [6, 6.07) is 8.05. The van der Waals surface area contributed by atoms with E-state index in [-0.39, 0.29) is 11.8 Å². The van der Waals surface area contributed by atoms with Crippen molar-refractivity contribution in [2.45, 2.75) is 39.0 Å². The molecule has 0 radical (unpaired) electrons. The molecule has 26 heavy (non-hydrogen) atoms. The van der Waals surface area contributed by atoms with E-state index < -0.39 is 0 Å². The number of benzene rings is 1. The largest absolute Gasteiger partial charge is 0.343 e. The zero-order valence-electron chi connectivity index (χ0n) is 15.1.